The summed E-state index contributed by atoms with van der Waals surface area (Å²) in [7, 11) is 0. The van der Waals surface area contributed by atoms with Crippen molar-refractivity contribution in [3.05, 3.63) is 11.6 Å². The second-order valence-electron chi connectivity index (χ2n) is 4.30. The van der Waals surface area contributed by atoms with Crippen LogP contribution in [0.3, 0.4) is 0 Å². The Balaban J connectivity index is 2.21. The van der Waals surface area contributed by atoms with E-state index in [0.29, 0.717) is 0 Å². The van der Waals surface area contributed by atoms with Crippen LogP contribution in [0.5, 0.6) is 0 Å². The zero-order chi connectivity index (χ0) is 9.68. The fourth-order valence-electron chi connectivity index (χ4n) is 1.58. The van der Waals surface area contributed by atoms with Crippen LogP contribution >= 0.6 is 0 Å². The predicted octanol–water partition coefficient (Wildman–Crippen LogP) is 1.62. The average Bonchev–Trinajstić information content (AvgIpc) is 2.15. The highest BCUT2D eigenvalue weighted by molar-refractivity contribution is 5.08. The van der Waals surface area contributed by atoms with Gasteiger partial charge in [0.15, 0.2) is 0 Å². The molecule has 2 N–H and O–H groups in total. The summed E-state index contributed by atoms with van der Waals surface area (Å²) in [4.78, 5) is 2.51. The van der Waals surface area contributed by atoms with Crippen LogP contribution in [0, 0.1) is 5.92 Å². The van der Waals surface area contributed by atoms with E-state index in [4.69, 9.17) is 5.73 Å². The summed E-state index contributed by atoms with van der Waals surface area (Å²) < 4.78 is 0. The van der Waals surface area contributed by atoms with Gasteiger partial charge >= 0.3 is 0 Å². The van der Waals surface area contributed by atoms with Gasteiger partial charge in [-0.25, -0.2) is 0 Å². The standard InChI is InChI=1S/C11H22N2/c1-10(2)3-6-13-7-4-11(9-12)5-8-13/h4,10H,3,5-9,12H2,1-2H3. The van der Waals surface area contributed by atoms with Crippen LogP contribution in [0.2, 0.25) is 0 Å². The molecular weight excluding hydrogens is 160 g/mol. The van der Waals surface area contributed by atoms with E-state index in [-0.39, 0.29) is 0 Å². The minimum atomic E-state index is 0.748. The molecule has 76 valence electrons. The van der Waals surface area contributed by atoms with Crippen molar-refractivity contribution in [3.8, 4) is 0 Å². The second-order valence-corrected chi connectivity index (χ2v) is 4.30. The molecule has 0 bridgehead atoms. The monoisotopic (exact) mass is 182 g/mol. The van der Waals surface area contributed by atoms with Gasteiger partial charge in [0.05, 0.1) is 0 Å². The maximum absolute atomic E-state index is 5.58. The Bertz CT molecular complexity index is 173. The van der Waals surface area contributed by atoms with Crippen LogP contribution in [-0.4, -0.2) is 31.1 Å². The number of rotatable bonds is 4. The molecule has 0 radical (unpaired) electrons. The van der Waals surface area contributed by atoms with Crippen molar-refractivity contribution in [2.75, 3.05) is 26.2 Å². The van der Waals surface area contributed by atoms with Crippen LogP contribution in [-0.2, 0) is 0 Å². The molecule has 0 aromatic rings. The smallest absolute Gasteiger partial charge is 0.0166 e. The molecule has 2 nitrogen and oxygen atoms in total. The number of nitrogens with zero attached hydrogens (tertiary/aromatic N) is 1. The molecule has 0 aromatic carbocycles. The molecule has 0 saturated carbocycles. The van der Waals surface area contributed by atoms with Gasteiger partial charge in [0, 0.05) is 19.6 Å². The molecule has 0 spiro atoms. The molecule has 0 aromatic heterocycles. The summed E-state index contributed by atoms with van der Waals surface area (Å²) in [6, 6.07) is 0. The second kappa shape index (κ2) is 5.40. The maximum Gasteiger partial charge on any atom is 0.0166 e. The molecule has 0 saturated heterocycles. The van der Waals surface area contributed by atoms with Gasteiger partial charge in [-0.05, 0) is 25.3 Å². The first-order valence-corrected chi connectivity index (χ1v) is 5.32. The van der Waals surface area contributed by atoms with E-state index in [1.807, 2.05) is 0 Å². The molecule has 1 heterocycles. The first kappa shape index (κ1) is 10.7. The molecule has 0 fully saturated rings. The molecule has 1 rings (SSSR count). The van der Waals surface area contributed by atoms with Crippen LogP contribution in [0.15, 0.2) is 11.6 Å². The first-order valence-electron chi connectivity index (χ1n) is 5.32. The lowest BCUT2D eigenvalue weighted by atomic mass is 10.1. The Kier molecular flexibility index (Phi) is 4.46. The highest BCUT2D eigenvalue weighted by atomic mass is 15.1. The van der Waals surface area contributed by atoms with E-state index in [9.17, 15) is 0 Å². The largest absolute Gasteiger partial charge is 0.327 e. The minimum Gasteiger partial charge on any atom is -0.327 e. The van der Waals surface area contributed by atoms with Crippen LogP contribution in [0.25, 0.3) is 0 Å². The Hall–Kier alpha value is -0.340. The van der Waals surface area contributed by atoms with E-state index < -0.39 is 0 Å². The molecular formula is C11H22N2. The Morgan fingerprint density at radius 3 is 2.77 bits per heavy atom. The molecule has 0 unspecified atom stereocenters. The van der Waals surface area contributed by atoms with Crippen molar-refractivity contribution in [3.63, 3.8) is 0 Å². The lowest BCUT2D eigenvalue weighted by Gasteiger charge is -2.26. The van der Waals surface area contributed by atoms with Gasteiger partial charge in [0.2, 0.25) is 0 Å². The van der Waals surface area contributed by atoms with Gasteiger partial charge < -0.3 is 5.73 Å². The predicted molar refractivity (Wildman–Crippen MR) is 57.6 cm³/mol. The summed E-state index contributed by atoms with van der Waals surface area (Å²) >= 11 is 0. The summed E-state index contributed by atoms with van der Waals surface area (Å²) in [5, 5.41) is 0. The highest BCUT2D eigenvalue weighted by Gasteiger charge is 2.10. The van der Waals surface area contributed by atoms with Crippen molar-refractivity contribution in [1.29, 1.82) is 0 Å². The van der Waals surface area contributed by atoms with Gasteiger partial charge in [-0.1, -0.05) is 25.5 Å². The summed E-state index contributed by atoms with van der Waals surface area (Å²) in [6.45, 7) is 8.87. The maximum atomic E-state index is 5.58. The SMILES string of the molecule is CC(C)CCN1CC=C(CN)CC1. The summed E-state index contributed by atoms with van der Waals surface area (Å²) in [5.74, 6) is 0.819. The third-order valence-corrected chi connectivity index (χ3v) is 2.67. The Morgan fingerprint density at radius 2 is 2.31 bits per heavy atom. The number of nitrogens with two attached hydrogens (primary N) is 1. The van der Waals surface area contributed by atoms with Gasteiger partial charge in [0.1, 0.15) is 0 Å². The third-order valence-electron chi connectivity index (χ3n) is 2.67. The van der Waals surface area contributed by atoms with Gasteiger partial charge in [-0.2, -0.15) is 0 Å². The molecule has 0 amide bonds. The zero-order valence-electron chi connectivity index (χ0n) is 8.92. The molecule has 0 aliphatic carbocycles. The van der Waals surface area contributed by atoms with Crippen LogP contribution < -0.4 is 5.73 Å². The zero-order valence-corrected chi connectivity index (χ0v) is 8.92. The quantitative estimate of drug-likeness (QED) is 0.669. The molecule has 1 aliphatic rings. The number of hydrogen-bond donors (Lipinski definition) is 1. The summed E-state index contributed by atoms with van der Waals surface area (Å²) in [5.41, 5.74) is 7.02. The van der Waals surface area contributed by atoms with E-state index in [2.05, 4.69) is 24.8 Å². The molecule has 13 heavy (non-hydrogen) atoms. The summed E-state index contributed by atoms with van der Waals surface area (Å²) in [6.07, 6.45) is 4.78. The highest BCUT2D eigenvalue weighted by Crippen LogP contribution is 2.11. The average molecular weight is 182 g/mol. The van der Waals surface area contributed by atoms with Crippen LogP contribution in [0.1, 0.15) is 26.7 Å². The van der Waals surface area contributed by atoms with Crippen LogP contribution in [0.4, 0.5) is 0 Å². The Morgan fingerprint density at radius 1 is 1.54 bits per heavy atom. The molecule has 0 atom stereocenters. The lowest BCUT2D eigenvalue weighted by molar-refractivity contribution is 0.275. The topological polar surface area (TPSA) is 29.3 Å². The Labute approximate surface area is 81.8 Å². The van der Waals surface area contributed by atoms with Crippen molar-refractivity contribution >= 4 is 0 Å². The van der Waals surface area contributed by atoms with Crippen molar-refractivity contribution in [1.82, 2.24) is 4.90 Å². The van der Waals surface area contributed by atoms with Crippen molar-refractivity contribution in [2.24, 2.45) is 11.7 Å². The van der Waals surface area contributed by atoms with Gasteiger partial charge in [0.25, 0.3) is 0 Å². The van der Waals surface area contributed by atoms with Gasteiger partial charge in [-0.15, -0.1) is 0 Å². The van der Waals surface area contributed by atoms with Crippen molar-refractivity contribution in [2.45, 2.75) is 26.7 Å². The van der Waals surface area contributed by atoms with Gasteiger partial charge in [-0.3, -0.25) is 4.90 Å². The fraction of sp³-hybridized carbons (Fsp3) is 0.818. The van der Waals surface area contributed by atoms with E-state index in [1.165, 1.54) is 31.5 Å². The van der Waals surface area contributed by atoms with E-state index in [0.717, 1.165) is 19.0 Å². The van der Waals surface area contributed by atoms with E-state index >= 15 is 0 Å². The third kappa shape index (κ3) is 3.92. The molecule has 1 aliphatic heterocycles. The lowest BCUT2D eigenvalue weighted by Crippen LogP contribution is -2.31. The molecule has 2 heteroatoms. The van der Waals surface area contributed by atoms with Crippen molar-refractivity contribution < 1.29 is 0 Å². The first-order chi connectivity index (χ1) is 6.22. The normalized spacial score (nSPS) is 19.2. The minimum absolute atomic E-state index is 0.748. The fourth-order valence-corrected chi connectivity index (χ4v) is 1.58. The van der Waals surface area contributed by atoms with E-state index in [1.54, 1.807) is 0 Å². The number of hydrogen-bond acceptors (Lipinski definition) is 2.